The Hall–Kier alpha value is -1.78. The molecular weight excluding hydrogens is 254 g/mol. The van der Waals surface area contributed by atoms with Crippen molar-refractivity contribution in [2.24, 2.45) is 0 Å². The summed E-state index contributed by atoms with van der Waals surface area (Å²) in [4.78, 5) is 8.86. The third kappa shape index (κ3) is 2.64. The third-order valence-electron chi connectivity index (χ3n) is 3.15. The van der Waals surface area contributed by atoms with Crippen molar-refractivity contribution in [1.82, 2.24) is 15.3 Å². The predicted octanol–water partition coefficient (Wildman–Crippen LogP) is 3.19. The van der Waals surface area contributed by atoms with Gasteiger partial charge in [0.1, 0.15) is 0 Å². The van der Waals surface area contributed by atoms with E-state index in [0.29, 0.717) is 0 Å². The lowest BCUT2D eigenvalue weighted by Gasteiger charge is -2.14. The molecule has 96 valence electrons. The summed E-state index contributed by atoms with van der Waals surface area (Å²) in [6.07, 6.45) is 4.60. The number of aromatic nitrogens is 2. The number of benzene rings is 1. The second-order valence-corrected chi connectivity index (χ2v) is 5.52. The molecule has 0 bridgehead atoms. The van der Waals surface area contributed by atoms with Crippen molar-refractivity contribution >= 4 is 21.6 Å². The van der Waals surface area contributed by atoms with Gasteiger partial charge in [-0.3, -0.25) is 4.98 Å². The molecule has 1 N–H and O–H groups in total. The number of nitrogens with one attached hydrogen (secondary N) is 1. The summed E-state index contributed by atoms with van der Waals surface area (Å²) in [5, 5.41) is 4.49. The molecule has 1 aromatic carbocycles. The third-order valence-corrected chi connectivity index (χ3v) is 4.21. The zero-order valence-electron chi connectivity index (χ0n) is 10.7. The maximum Gasteiger partial charge on any atom is 0.0957 e. The minimum absolute atomic E-state index is 0.259. The van der Waals surface area contributed by atoms with Gasteiger partial charge in [-0.2, -0.15) is 0 Å². The van der Waals surface area contributed by atoms with E-state index in [1.807, 2.05) is 25.4 Å². The van der Waals surface area contributed by atoms with Crippen LogP contribution in [0, 0.1) is 0 Å². The van der Waals surface area contributed by atoms with Crippen LogP contribution in [0.15, 0.2) is 48.8 Å². The van der Waals surface area contributed by atoms with Gasteiger partial charge in [-0.1, -0.05) is 18.2 Å². The molecule has 2 heterocycles. The first-order chi connectivity index (χ1) is 9.36. The second-order valence-electron chi connectivity index (χ2n) is 4.41. The number of likely N-dealkylation sites (N-methyl/N-ethyl adjacent to an activating group) is 1. The number of nitrogens with zero attached hydrogens (tertiary/aromatic N) is 2. The quantitative estimate of drug-likeness (QED) is 0.790. The summed E-state index contributed by atoms with van der Waals surface area (Å²) in [7, 11) is 1.98. The highest BCUT2D eigenvalue weighted by molar-refractivity contribution is 7.18. The van der Waals surface area contributed by atoms with E-state index in [1.165, 1.54) is 10.3 Å². The van der Waals surface area contributed by atoms with Gasteiger partial charge in [-0.05, 0) is 30.8 Å². The van der Waals surface area contributed by atoms with E-state index in [9.17, 15) is 0 Å². The van der Waals surface area contributed by atoms with Gasteiger partial charge in [0.15, 0.2) is 0 Å². The fraction of sp³-hybridized carbons (Fsp3) is 0.200. The topological polar surface area (TPSA) is 37.8 Å². The molecule has 1 unspecified atom stereocenters. The summed E-state index contributed by atoms with van der Waals surface area (Å²) < 4.78 is 1.25. The first kappa shape index (κ1) is 12.3. The zero-order chi connectivity index (χ0) is 13.1. The van der Waals surface area contributed by atoms with Crippen molar-refractivity contribution in [2.75, 3.05) is 7.05 Å². The van der Waals surface area contributed by atoms with Gasteiger partial charge in [0, 0.05) is 24.9 Å². The molecule has 0 aliphatic heterocycles. The molecule has 0 amide bonds. The highest BCUT2D eigenvalue weighted by atomic mass is 32.1. The Morgan fingerprint density at radius 1 is 1.21 bits per heavy atom. The summed E-state index contributed by atoms with van der Waals surface area (Å²) in [5.41, 5.74) is 2.28. The number of para-hydroxylation sites is 1. The van der Waals surface area contributed by atoms with E-state index in [-0.39, 0.29) is 6.04 Å². The Balaban J connectivity index is 1.86. The molecular formula is C15H15N3S. The SMILES string of the molecule is CNC(Cc1nc2ccccc2s1)c1cccnc1. The number of hydrogen-bond acceptors (Lipinski definition) is 4. The van der Waals surface area contributed by atoms with E-state index >= 15 is 0 Å². The monoisotopic (exact) mass is 269 g/mol. The molecule has 0 spiro atoms. The van der Waals surface area contributed by atoms with Crippen LogP contribution in [0.1, 0.15) is 16.6 Å². The lowest BCUT2D eigenvalue weighted by Crippen LogP contribution is -2.18. The minimum Gasteiger partial charge on any atom is -0.313 e. The molecule has 2 aromatic heterocycles. The van der Waals surface area contributed by atoms with Crippen LogP contribution in [0.2, 0.25) is 0 Å². The predicted molar refractivity (Wildman–Crippen MR) is 79.4 cm³/mol. The van der Waals surface area contributed by atoms with Crippen LogP contribution >= 0.6 is 11.3 Å². The molecule has 0 saturated carbocycles. The molecule has 0 aliphatic carbocycles. The van der Waals surface area contributed by atoms with Crippen molar-refractivity contribution in [3.05, 3.63) is 59.4 Å². The zero-order valence-corrected chi connectivity index (χ0v) is 11.5. The largest absolute Gasteiger partial charge is 0.313 e. The van der Waals surface area contributed by atoms with Gasteiger partial charge < -0.3 is 5.32 Å². The van der Waals surface area contributed by atoms with E-state index in [0.717, 1.165) is 16.9 Å². The van der Waals surface area contributed by atoms with Gasteiger partial charge >= 0.3 is 0 Å². The Bertz CT molecular complexity index is 630. The van der Waals surface area contributed by atoms with E-state index in [1.54, 1.807) is 17.5 Å². The molecule has 0 aliphatic rings. The van der Waals surface area contributed by atoms with Crippen LogP contribution in [-0.4, -0.2) is 17.0 Å². The Morgan fingerprint density at radius 2 is 2.11 bits per heavy atom. The van der Waals surface area contributed by atoms with Gasteiger partial charge in [-0.25, -0.2) is 4.98 Å². The molecule has 0 radical (unpaired) electrons. The highest BCUT2D eigenvalue weighted by Gasteiger charge is 2.13. The maximum atomic E-state index is 4.68. The van der Waals surface area contributed by atoms with Gasteiger partial charge in [0.25, 0.3) is 0 Å². The molecule has 3 nitrogen and oxygen atoms in total. The normalized spacial score (nSPS) is 12.7. The standard InChI is InChI=1S/C15H15N3S/c1-16-13(11-5-4-8-17-10-11)9-15-18-12-6-2-3-7-14(12)19-15/h2-8,10,13,16H,9H2,1H3. The Morgan fingerprint density at radius 3 is 2.84 bits per heavy atom. The van der Waals surface area contributed by atoms with Crippen molar-refractivity contribution in [3.63, 3.8) is 0 Å². The summed E-state index contributed by atoms with van der Waals surface area (Å²) in [6.45, 7) is 0. The van der Waals surface area contributed by atoms with Crippen LogP contribution in [-0.2, 0) is 6.42 Å². The van der Waals surface area contributed by atoms with Gasteiger partial charge in [0.05, 0.1) is 15.2 Å². The molecule has 1 atom stereocenters. The fourth-order valence-corrected chi connectivity index (χ4v) is 3.16. The smallest absolute Gasteiger partial charge is 0.0957 e. The average molecular weight is 269 g/mol. The summed E-state index contributed by atoms with van der Waals surface area (Å²) >= 11 is 1.76. The first-order valence-electron chi connectivity index (χ1n) is 6.28. The van der Waals surface area contributed by atoms with Crippen molar-refractivity contribution in [1.29, 1.82) is 0 Å². The van der Waals surface area contributed by atoms with E-state index in [2.05, 4.69) is 39.6 Å². The molecule has 0 fully saturated rings. The average Bonchev–Trinajstić information content (AvgIpc) is 2.88. The molecule has 3 rings (SSSR count). The van der Waals surface area contributed by atoms with Crippen molar-refractivity contribution in [3.8, 4) is 0 Å². The van der Waals surface area contributed by atoms with Crippen molar-refractivity contribution in [2.45, 2.75) is 12.5 Å². The maximum absolute atomic E-state index is 4.68. The molecule has 3 aromatic rings. The lowest BCUT2D eigenvalue weighted by atomic mass is 10.1. The van der Waals surface area contributed by atoms with Crippen LogP contribution in [0.3, 0.4) is 0 Å². The first-order valence-corrected chi connectivity index (χ1v) is 7.10. The minimum atomic E-state index is 0.259. The van der Waals surface area contributed by atoms with Crippen LogP contribution in [0.25, 0.3) is 10.2 Å². The summed E-state index contributed by atoms with van der Waals surface area (Å²) in [6, 6.07) is 12.6. The number of rotatable bonds is 4. The van der Waals surface area contributed by atoms with E-state index < -0.39 is 0 Å². The number of hydrogen-bond donors (Lipinski definition) is 1. The molecule has 4 heteroatoms. The van der Waals surface area contributed by atoms with Gasteiger partial charge in [-0.15, -0.1) is 11.3 Å². The van der Waals surface area contributed by atoms with Crippen LogP contribution in [0.5, 0.6) is 0 Å². The van der Waals surface area contributed by atoms with Crippen LogP contribution in [0.4, 0.5) is 0 Å². The van der Waals surface area contributed by atoms with Crippen LogP contribution < -0.4 is 5.32 Å². The van der Waals surface area contributed by atoms with Gasteiger partial charge in [0.2, 0.25) is 0 Å². The van der Waals surface area contributed by atoms with E-state index in [4.69, 9.17) is 0 Å². The lowest BCUT2D eigenvalue weighted by molar-refractivity contribution is 0.589. The number of fused-ring (bicyclic) bond motifs is 1. The second kappa shape index (κ2) is 5.47. The Kier molecular flexibility index (Phi) is 3.53. The molecule has 19 heavy (non-hydrogen) atoms. The Labute approximate surface area is 116 Å². The van der Waals surface area contributed by atoms with Crippen molar-refractivity contribution < 1.29 is 0 Å². The highest BCUT2D eigenvalue weighted by Crippen LogP contribution is 2.25. The summed E-state index contributed by atoms with van der Waals surface area (Å²) in [5.74, 6) is 0. The number of pyridine rings is 1. The molecule has 0 saturated heterocycles. The number of thiazole rings is 1. The fourth-order valence-electron chi connectivity index (χ4n) is 2.15.